The van der Waals surface area contributed by atoms with Crippen molar-refractivity contribution in [2.24, 2.45) is 0 Å². The Labute approximate surface area is 102 Å². The molecule has 0 N–H and O–H groups in total. The van der Waals surface area contributed by atoms with E-state index in [4.69, 9.17) is 5.26 Å². The largest absolute Gasteiger partial charge is 0.326 e. The summed E-state index contributed by atoms with van der Waals surface area (Å²) in [4.78, 5) is 22.7. The molecule has 1 aromatic carbocycles. The predicted molar refractivity (Wildman–Crippen MR) is 60.2 cm³/mol. The Hall–Kier alpha value is -2.49. The summed E-state index contributed by atoms with van der Waals surface area (Å²) in [7, 11) is 1.37. The highest BCUT2D eigenvalue weighted by Gasteiger charge is 2.20. The Morgan fingerprint density at radius 2 is 2.17 bits per heavy atom. The second-order valence-electron chi connectivity index (χ2n) is 3.68. The number of nitrogens with zero attached hydrogens (tertiary/aromatic N) is 3. The fraction of sp³-hybridized carbons (Fsp3) is 0.273. The monoisotopic (exact) mass is 251 g/mol. The van der Waals surface area contributed by atoms with Crippen LogP contribution in [-0.2, 0) is 0 Å². The molecule has 7 heteroatoms. The van der Waals surface area contributed by atoms with Crippen molar-refractivity contribution in [1.29, 1.82) is 5.26 Å². The van der Waals surface area contributed by atoms with Gasteiger partial charge in [0.1, 0.15) is 11.9 Å². The zero-order chi connectivity index (χ0) is 13.9. The third-order valence-corrected chi connectivity index (χ3v) is 2.43. The summed E-state index contributed by atoms with van der Waals surface area (Å²) in [5.74, 6) is -1.52. The number of benzene rings is 1. The zero-order valence-corrected chi connectivity index (χ0v) is 9.75. The van der Waals surface area contributed by atoms with Crippen LogP contribution in [0.25, 0.3) is 0 Å². The molecule has 1 unspecified atom stereocenters. The number of nitro groups is 1. The molecule has 1 amide bonds. The van der Waals surface area contributed by atoms with Gasteiger partial charge in [0, 0.05) is 18.7 Å². The van der Waals surface area contributed by atoms with Crippen molar-refractivity contribution < 1.29 is 14.1 Å². The van der Waals surface area contributed by atoms with Crippen LogP contribution in [0.1, 0.15) is 17.3 Å². The van der Waals surface area contributed by atoms with Crippen molar-refractivity contribution in [1.82, 2.24) is 4.90 Å². The van der Waals surface area contributed by atoms with E-state index in [0.717, 1.165) is 23.1 Å². The molecule has 6 nitrogen and oxygen atoms in total. The number of amides is 1. The van der Waals surface area contributed by atoms with Gasteiger partial charge in [-0.25, -0.2) is 4.39 Å². The van der Waals surface area contributed by atoms with Crippen molar-refractivity contribution in [3.8, 4) is 6.07 Å². The first-order valence-corrected chi connectivity index (χ1v) is 4.98. The maximum Gasteiger partial charge on any atom is 0.273 e. The van der Waals surface area contributed by atoms with Crippen LogP contribution in [0, 0.1) is 27.3 Å². The number of carbonyl (C=O) groups is 1. The fourth-order valence-electron chi connectivity index (χ4n) is 1.27. The molecular weight excluding hydrogens is 241 g/mol. The van der Waals surface area contributed by atoms with E-state index in [1.165, 1.54) is 14.0 Å². The van der Waals surface area contributed by atoms with E-state index in [0.29, 0.717) is 0 Å². The summed E-state index contributed by atoms with van der Waals surface area (Å²) >= 11 is 0. The molecule has 1 atom stereocenters. The van der Waals surface area contributed by atoms with Gasteiger partial charge in [-0.15, -0.1) is 0 Å². The highest BCUT2D eigenvalue weighted by Crippen LogP contribution is 2.18. The zero-order valence-electron chi connectivity index (χ0n) is 9.75. The van der Waals surface area contributed by atoms with Gasteiger partial charge in [0.05, 0.1) is 17.1 Å². The van der Waals surface area contributed by atoms with Crippen LogP contribution >= 0.6 is 0 Å². The third kappa shape index (κ3) is 2.79. The van der Waals surface area contributed by atoms with Gasteiger partial charge >= 0.3 is 0 Å². The summed E-state index contributed by atoms with van der Waals surface area (Å²) in [6.45, 7) is 1.49. The molecule has 0 spiro atoms. The fourth-order valence-corrected chi connectivity index (χ4v) is 1.27. The van der Waals surface area contributed by atoms with Crippen LogP contribution in [0.15, 0.2) is 18.2 Å². The van der Waals surface area contributed by atoms with Gasteiger partial charge in [-0.1, -0.05) is 0 Å². The first-order chi connectivity index (χ1) is 8.36. The van der Waals surface area contributed by atoms with Crippen LogP contribution in [0.4, 0.5) is 10.1 Å². The van der Waals surface area contributed by atoms with Gasteiger partial charge in [0.25, 0.3) is 11.6 Å². The Balaban J connectivity index is 3.14. The molecule has 0 aliphatic rings. The summed E-state index contributed by atoms with van der Waals surface area (Å²) in [5, 5.41) is 19.2. The number of hydrogen-bond donors (Lipinski definition) is 0. The second-order valence-corrected chi connectivity index (χ2v) is 3.68. The van der Waals surface area contributed by atoms with Crippen molar-refractivity contribution in [3.05, 3.63) is 39.7 Å². The Kier molecular flexibility index (Phi) is 3.94. The summed E-state index contributed by atoms with van der Waals surface area (Å²) in [6, 6.07) is 3.74. The van der Waals surface area contributed by atoms with Crippen molar-refractivity contribution in [3.63, 3.8) is 0 Å². The Morgan fingerprint density at radius 1 is 1.56 bits per heavy atom. The molecule has 0 saturated heterocycles. The van der Waals surface area contributed by atoms with Gasteiger partial charge in [-0.05, 0) is 13.0 Å². The van der Waals surface area contributed by atoms with Gasteiger partial charge in [-0.3, -0.25) is 14.9 Å². The van der Waals surface area contributed by atoms with E-state index in [1.54, 1.807) is 0 Å². The lowest BCUT2D eigenvalue weighted by Crippen LogP contribution is -2.34. The highest BCUT2D eigenvalue weighted by atomic mass is 19.1. The SMILES string of the molecule is CC(C#N)N(C)C(=O)c1cc(F)cc([N+](=O)[O-])c1. The van der Waals surface area contributed by atoms with Crippen LogP contribution in [0.3, 0.4) is 0 Å². The molecule has 0 aliphatic heterocycles. The normalized spacial score (nSPS) is 11.4. The second kappa shape index (κ2) is 5.23. The quantitative estimate of drug-likeness (QED) is 0.604. The first kappa shape index (κ1) is 13.6. The number of rotatable bonds is 3. The molecule has 18 heavy (non-hydrogen) atoms. The van der Waals surface area contributed by atoms with E-state index in [9.17, 15) is 19.3 Å². The van der Waals surface area contributed by atoms with Crippen molar-refractivity contribution in [2.45, 2.75) is 13.0 Å². The highest BCUT2D eigenvalue weighted by molar-refractivity contribution is 5.95. The smallest absolute Gasteiger partial charge is 0.273 e. The van der Waals surface area contributed by atoms with E-state index < -0.39 is 28.4 Å². The molecule has 0 aromatic heterocycles. The molecule has 0 heterocycles. The molecule has 0 aliphatic carbocycles. The number of carbonyl (C=O) groups excluding carboxylic acids is 1. The maximum absolute atomic E-state index is 13.2. The van der Waals surface area contributed by atoms with Gasteiger partial charge < -0.3 is 4.90 Å². The van der Waals surface area contributed by atoms with E-state index in [2.05, 4.69) is 0 Å². The van der Waals surface area contributed by atoms with Crippen LogP contribution < -0.4 is 0 Å². The van der Waals surface area contributed by atoms with E-state index >= 15 is 0 Å². The lowest BCUT2D eigenvalue weighted by Gasteiger charge is -2.19. The van der Waals surface area contributed by atoms with Gasteiger partial charge in [0.2, 0.25) is 0 Å². The molecule has 1 aromatic rings. The van der Waals surface area contributed by atoms with E-state index in [1.807, 2.05) is 6.07 Å². The number of nitro benzene ring substituents is 1. The van der Waals surface area contributed by atoms with Crippen LogP contribution in [-0.4, -0.2) is 28.8 Å². The molecule has 0 bridgehead atoms. The lowest BCUT2D eigenvalue weighted by molar-refractivity contribution is -0.385. The number of hydrogen-bond acceptors (Lipinski definition) is 4. The Morgan fingerprint density at radius 3 is 2.67 bits per heavy atom. The average molecular weight is 251 g/mol. The summed E-state index contributed by atoms with van der Waals surface area (Å²) in [6.07, 6.45) is 0. The van der Waals surface area contributed by atoms with Gasteiger partial charge in [0.15, 0.2) is 0 Å². The molecule has 1 rings (SSSR count). The first-order valence-electron chi connectivity index (χ1n) is 4.98. The lowest BCUT2D eigenvalue weighted by atomic mass is 10.1. The summed E-state index contributed by atoms with van der Waals surface area (Å²) in [5.41, 5.74) is -0.664. The average Bonchev–Trinajstić information content (AvgIpc) is 2.35. The number of non-ortho nitro benzene ring substituents is 1. The number of nitriles is 1. The minimum Gasteiger partial charge on any atom is -0.326 e. The maximum atomic E-state index is 13.2. The molecule has 0 saturated carbocycles. The minimum atomic E-state index is -0.870. The third-order valence-electron chi connectivity index (χ3n) is 2.43. The minimum absolute atomic E-state index is 0.161. The standard InChI is InChI=1S/C11H10FN3O3/c1-7(6-13)14(2)11(16)8-3-9(12)5-10(4-8)15(17)18/h3-5,7H,1-2H3. The van der Waals surface area contributed by atoms with Crippen molar-refractivity contribution in [2.75, 3.05) is 7.05 Å². The van der Waals surface area contributed by atoms with Crippen molar-refractivity contribution >= 4 is 11.6 Å². The summed E-state index contributed by atoms with van der Waals surface area (Å²) < 4.78 is 13.2. The molecule has 94 valence electrons. The molecule has 0 radical (unpaired) electrons. The van der Waals surface area contributed by atoms with Crippen LogP contribution in [0.2, 0.25) is 0 Å². The predicted octanol–water partition coefficient (Wildman–Crippen LogP) is 1.72. The molecule has 0 fully saturated rings. The Bertz CT molecular complexity index is 539. The number of halogens is 1. The topological polar surface area (TPSA) is 87.2 Å². The van der Waals surface area contributed by atoms with E-state index in [-0.39, 0.29) is 5.56 Å². The molecular formula is C11H10FN3O3. The van der Waals surface area contributed by atoms with Gasteiger partial charge in [-0.2, -0.15) is 5.26 Å². The van der Waals surface area contributed by atoms with Crippen LogP contribution in [0.5, 0.6) is 0 Å².